The lowest BCUT2D eigenvalue weighted by atomic mass is 10.2. The highest BCUT2D eigenvalue weighted by atomic mass is 19.4. The Morgan fingerprint density at radius 1 is 1.33 bits per heavy atom. The second-order valence-electron chi connectivity index (χ2n) is 3.13. The summed E-state index contributed by atoms with van der Waals surface area (Å²) >= 11 is 0. The zero-order chi connectivity index (χ0) is 13.3. The molecule has 0 unspecified atom stereocenters. The van der Waals surface area contributed by atoms with Crippen molar-refractivity contribution in [2.75, 3.05) is 0 Å². The topological polar surface area (TPSA) is 68.1 Å². The van der Waals surface area contributed by atoms with Crippen LogP contribution in [-0.2, 0) is 0 Å². The Hall–Kier alpha value is -2.32. The van der Waals surface area contributed by atoms with Gasteiger partial charge in [-0.05, 0) is 18.2 Å². The Morgan fingerprint density at radius 3 is 2.61 bits per heavy atom. The molecule has 1 aromatic heterocycles. The Balaban J connectivity index is 2.50. The summed E-state index contributed by atoms with van der Waals surface area (Å²) in [6.07, 6.45) is -4.95. The van der Waals surface area contributed by atoms with Crippen molar-refractivity contribution in [3.8, 4) is 17.1 Å². The lowest BCUT2D eigenvalue weighted by Crippen LogP contribution is -2.17. The van der Waals surface area contributed by atoms with Crippen LogP contribution in [0.25, 0.3) is 11.4 Å². The standard InChI is InChI=1S/C9H4F4N2O3/c10-4-1-2-6(17-9(11,12)13)5(3-4)7-14-8(16)18-15-7/h1-3H,(H,14,15,16). The zero-order valence-electron chi connectivity index (χ0n) is 8.42. The maximum absolute atomic E-state index is 13.0. The summed E-state index contributed by atoms with van der Waals surface area (Å²) in [7, 11) is 0. The van der Waals surface area contributed by atoms with Crippen LogP contribution in [0.2, 0.25) is 0 Å². The number of ether oxygens (including phenoxy) is 1. The molecular formula is C9H4F4N2O3. The van der Waals surface area contributed by atoms with E-state index in [0.717, 1.165) is 18.2 Å². The molecule has 0 aliphatic heterocycles. The summed E-state index contributed by atoms with van der Waals surface area (Å²) in [5.74, 6) is -2.86. The van der Waals surface area contributed by atoms with Crippen LogP contribution in [0, 0.1) is 5.82 Å². The van der Waals surface area contributed by atoms with Crippen molar-refractivity contribution >= 4 is 0 Å². The number of nitrogens with one attached hydrogen (secondary N) is 1. The van der Waals surface area contributed by atoms with Gasteiger partial charge in [0.25, 0.3) is 0 Å². The molecule has 0 spiro atoms. The van der Waals surface area contributed by atoms with Gasteiger partial charge in [-0.2, -0.15) is 0 Å². The quantitative estimate of drug-likeness (QED) is 0.843. The molecule has 5 nitrogen and oxygen atoms in total. The minimum atomic E-state index is -4.95. The molecular weight excluding hydrogens is 260 g/mol. The van der Waals surface area contributed by atoms with E-state index in [2.05, 4.69) is 14.4 Å². The molecule has 1 aromatic carbocycles. The molecule has 0 saturated heterocycles. The number of H-pyrrole nitrogens is 1. The third-order valence-electron chi connectivity index (χ3n) is 1.86. The Morgan fingerprint density at radius 2 is 2.06 bits per heavy atom. The van der Waals surface area contributed by atoms with Crippen LogP contribution < -0.4 is 10.5 Å². The van der Waals surface area contributed by atoms with Crippen LogP contribution in [0.5, 0.6) is 5.75 Å². The van der Waals surface area contributed by atoms with Gasteiger partial charge in [-0.25, -0.2) is 9.18 Å². The number of alkyl halides is 3. The van der Waals surface area contributed by atoms with Gasteiger partial charge in [0.2, 0.25) is 0 Å². The average molecular weight is 264 g/mol. The number of aromatic nitrogens is 2. The van der Waals surface area contributed by atoms with E-state index in [9.17, 15) is 22.4 Å². The summed E-state index contributed by atoms with van der Waals surface area (Å²) in [4.78, 5) is 12.7. The fraction of sp³-hybridized carbons (Fsp3) is 0.111. The average Bonchev–Trinajstić information content (AvgIpc) is 2.65. The number of hydrogen-bond acceptors (Lipinski definition) is 4. The minimum absolute atomic E-state index is 0.362. The Bertz CT molecular complexity index is 617. The molecule has 9 heteroatoms. The summed E-state index contributed by atoms with van der Waals surface area (Å²) in [5.41, 5.74) is -0.377. The van der Waals surface area contributed by atoms with Crippen LogP contribution in [0.1, 0.15) is 0 Å². The van der Waals surface area contributed by atoms with E-state index in [1.54, 1.807) is 0 Å². The fourth-order valence-corrected chi connectivity index (χ4v) is 1.25. The highest BCUT2D eigenvalue weighted by Gasteiger charge is 2.32. The highest BCUT2D eigenvalue weighted by Crippen LogP contribution is 2.32. The van der Waals surface area contributed by atoms with Gasteiger partial charge in [-0.1, -0.05) is 5.16 Å². The minimum Gasteiger partial charge on any atom is -0.405 e. The number of hydrogen-bond donors (Lipinski definition) is 1. The molecule has 96 valence electrons. The van der Waals surface area contributed by atoms with Crippen LogP contribution in [0.4, 0.5) is 17.6 Å². The summed E-state index contributed by atoms with van der Waals surface area (Å²) in [6.45, 7) is 0. The maximum Gasteiger partial charge on any atom is 0.573 e. The van der Waals surface area contributed by atoms with E-state index in [1.807, 2.05) is 4.98 Å². The zero-order valence-corrected chi connectivity index (χ0v) is 8.42. The first-order valence-corrected chi connectivity index (χ1v) is 4.47. The fourth-order valence-electron chi connectivity index (χ4n) is 1.25. The SMILES string of the molecule is O=c1[nH]c(-c2cc(F)ccc2OC(F)(F)F)no1. The monoisotopic (exact) mass is 264 g/mol. The van der Waals surface area contributed by atoms with Gasteiger partial charge < -0.3 is 4.74 Å². The lowest BCUT2D eigenvalue weighted by Gasteiger charge is -2.11. The molecule has 0 fully saturated rings. The first-order chi connectivity index (χ1) is 8.35. The molecule has 0 bridgehead atoms. The molecule has 0 amide bonds. The number of rotatable bonds is 2. The van der Waals surface area contributed by atoms with E-state index < -0.39 is 23.7 Å². The van der Waals surface area contributed by atoms with Gasteiger partial charge >= 0.3 is 12.1 Å². The molecule has 1 N–H and O–H groups in total. The van der Waals surface area contributed by atoms with Crippen molar-refractivity contribution in [3.63, 3.8) is 0 Å². The van der Waals surface area contributed by atoms with Crippen LogP contribution in [0.3, 0.4) is 0 Å². The van der Waals surface area contributed by atoms with Crippen molar-refractivity contribution in [1.82, 2.24) is 10.1 Å². The van der Waals surface area contributed by atoms with Gasteiger partial charge in [-0.15, -0.1) is 13.2 Å². The molecule has 0 aliphatic rings. The molecule has 0 saturated carbocycles. The summed E-state index contributed by atoms with van der Waals surface area (Å²) < 4.78 is 57.1. The van der Waals surface area contributed by atoms with Crippen LogP contribution in [-0.4, -0.2) is 16.5 Å². The second-order valence-corrected chi connectivity index (χ2v) is 3.13. The molecule has 18 heavy (non-hydrogen) atoms. The molecule has 0 aliphatic carbocycles. The van der Waals surface area contributed by atoms with E-state index >= 15 is 0 Å². The smallest absolute Gasteiger partial charge is 0.405 e. The van der Waals surface area contributed by atoms with E-state index in [1.165, 1.54) is 0 Å². The Kier molecular flexibility index (Phi) is 2.81. The van der Waals surface area contributed by atoms with Gasteiger partial charge in [0.05, 0.1) is 5.56 Å². The lowest BCUT2D eigenvalue weighted by molar-refractivity contribution is -0.274. The largest absolute Gasteiger partial charge is 0.573 e. The first-order valence-electron chi connectivity index (χ1n) is 4.47. The van der Waals surface area contributed by atoms with E-state index in [4.69, 9.17) is 0 Å². The van der Waals surface area contributed by atoms with Crippen molar-refractivity contribution in [2.45, 2.75) is 6.36 Å². The van der Waals surface area contributed by atoms with Crippen LogP contribution >= 0.6 is 0 Å². The number of benzene rings is 1. The third-order valence-corrected chi connectivity index (χ3v) is 1.86. The third kappa shape index (κ3) is 2.67. The van der Waals surface area contributed by atoms with Gasteiger partial charge in [-0.3, -0.25) is 9.51 Å². The van der Waals surface area contributed by atoms with Crippen molar-refractivity contribution in [2.24, 2.45) is 0 Å². The van der Waals surface area contributed by atoms with Crippen molar-refractivity contribution in [1.29, 1.82) is 0 Å². The normalized spacial score (nSPS) is 11.6. The first kappa shape index (κ1) is 12.1. The highest BCUT2D eigenvalue weighted by molar-refractivity contribution is 5.63. The number of nitrogens with zero attached hydrogens (tertiary/aromatic N) is 1. The van der Waals surface area contributed by atoms with Gasteiger partial charge in [0.1, 0.15) is 11.6 Å². The molecule has 1 heterocycles. The van der Waals surface area contributed by atoms with Crippen LogP contribution in [0.15, 0.2) is 27.5 Å². The maximum atomic E-state index is 13.0. The van der Waals surface area contributed by atoms with E-state index in [0.29, 0.717) is 0 Å². The predicted octanol–water partition coefficient (Wildman–Crippen LogP) is 2.07. The number of halogens is 4. The van der Waals surface area contributed by atoms with E-state index in [-0.39, 0.29) is 11.4 Å². The van der Waals surface area contributed by atoms with Gasteiger partial charge in [0.15, 0.2) is 5.82 Å². The molecule has 2 rings (SSSR count). The van der Waals surface area contributed by atoms with Crippen molar-refractivity contribution in [3.05, 3.63) is 34.6 Å². The van der Waals surface area contributed by atoms with Gasteiger partial charge in [0, 0.05) is 0 Å². The molecule has 2 aromatic rings. The molecule has 0 atom stereocenters. The van der Waals surface area contributed by atoms with Crippen molar-refractivity contribution < 1.29 is 26.8 Å². The summed E-state index contributed by atoms with van der Waals surface area (Å²) in [6, 6.07) is 2.28. The predicted molar refractivity (Wildman–Crippen MR) is 49.2 cm³/mol. The second kappa shape index (κ2) is 4.17. The number of aromatic amines is 1. The Labute approximate surface area is 96.0 Å². The molecule has 0 radical (unpaired) electrons. The summed E-state index contributed by atoms with van der Waals surface area (Å²) in [5, 5.41) is 3.16.